The van der Waals surface area contributed by atoms with Crippen LogP contribution in [-0.4, -0.2) is 23.8 Å². The molecular weight excluding hydrogens is 240 g/mol. The summed E-state index contributed by atoms with van der Waals surface area (Å²) in [6.07, 6.45) is 7.25. The second kappa shape index (κ2) is 4.62. The third kappa shape index (κ3) is 2.03. The third-order valence-electron chi connectivity index (χ3n) is 5.83. The van der Waals surface area contributed by atoms with Crippen LogP contribution < -0.4 is 0 Å². The molecule has 0 saturated heterocycles. The van der Waals surface area contributed by atoms with Gasteiger partial charge in [0.25, 0.3) is 0 Å². The van der Waals surface area contributed by atoms with Crippen LogP contribution >= 0.6 is 0 Å². The van der Waals surface area contributed by atoms with E-state index in [0.29, 0.717) is 11.8 Å². The number of aliphatic hydroxyl groups excluding tert-OH is 1. The summed E-state index contributed by atoms with van der Waals surface area (Å²) in [6, 6.07) is 0. The quantitative estimate of drug-likeness (QED) is 0.627. The van der Waals surface area contributed by atoms with Crippen LogP contribution in [0.5, 0.6) is 0 Å². The average molecular weight is 264 g/mol. The molecule has 4 saturated carbocycles. The Hall–Kier alpha value is -0.830. The highest BCUT2D eigenvalue weighted by Crippen LogP contribution is 2.63. The maximum absolute atomic E-state index is 11.4. The first-order valence-electron chi connectivity index (χ1n) is 7.52. The number of carbonyl (C=O) groups is 1. The Bertz CT molecular complexity index is 375. The van der Waals surface area contributed by atoms with Gasteiger partial charge < -0.3 is 9.84 Å². The lowest BCUT2D eigenvalue weighted by atomic mass is 9.44. The Labute approximate surface area is 115 Å². The van der Waals surface area contributed by atoms with Gasteiger partial charge in [-0.2, -0.15) is 0 Å². The normalized spacial score (nSPS) is 44.9. The summed E-state index contributed by atoms with van der Waals surface area (Å²) >= 11 is 0. The minimum atomic E-state index is -0.339. The summed E-state index contributed by atoms with van der Waals surface area (Å²) in [6.45, 7) is 5.70. The van der Waals surface area contributed by atoms with Gasteiger partial charge in [0.05, 0.1) is 0 Å². The first-order valence-corrected chi connectivity index (χ1v) is 7.52. The van der Waals surface area contributed by atoms with Crippen molar-refractivity contribution >= 4 is 5.97 Å². The minimum absolute atomic E-state index is 0.00954. The van der Waals surface area contributed by atoms with Crippen molar-refractivity contribution in [1.29, 1.82) is 0 Å². The SMILES string of the molecule is C=CC(=O)OC(C)C1C2CC3CC(C2)CC1(CO)C3. The van der Waals surface area contributed by atoms with Gasteiger partial charge in [0.1, 0.15) is 6.10 Å². The van der Waals surface area contributed by atoms with Gasteiger partial charge in [0, 0.05) is 24.0 Å². The summed E-state index contributed by atoms with van der Waals surface area (Å²) in [7, 11) is 0. The van der Waals surface area contributed by atoms with Gasteiger partial charge in [-0.15, -0.1) is 0 Å². The van der Waals surface area contributed by atoms with Crippen molar-refractivity contribution in [3.8, 4) is 0 Å². The molecule has 4 atom stereocenters. The summed E-state index contributed by atoms with van der Waals surface area (Å²) < 4.78 is 5.48. The van der Waals surface area contributed by atoms with Crippen LogP contribution in [0, 0.1) is 29.1 Å². The number of carbonyl (C=O) groups excluding carboxylic acids is 1. The molecule has 0 aromatic carbocycles. The highest BCUT2D eigenvalue weighted by molar-refractivity contribution is 5.81. The molecule has 4 aliphatic rings. The highest BCUT2D eigenvalue weighted by atomic mass is 16.5. The van der Waals surface area contributed by atoms with Gasteiger partial charge in [-0.05, 0) is 56.8 Å². The van der Waals surface area contributed by atoms with Crippen molar-refractivity contribution < 1.29 is 14.6 Å². The Kier molecular flexibility index (Phi) is 3.20. The molecule has 0 heterocycles. The molecule has 4 fully saturated rings. The van der Waals surface area contributed by atoms with Crippen molar-refractivity contribution in [1.82, 2.24) is 0 Å². The van der Waals surface area contributed by atoms with Crippen molar-refractivity contribution in [2.75, 3.05) is 6.61 Å². The molecule has 0 amide bonds. The molecule has 0 radical (unpaired) electrons. The molecule has 4 aliphatic carbocycles. The maximum Gasteiger partial charge on any atom is 0.330 e. The zero-order chi connectivity index (χ0) is 13.6. The second-order valence-electron chi connectivity index (χ2n) is 7.00. The van der Waals surface area contributed by atoms with E-state index in [9.17, 15) is 9.90 Å². The number of esters is 1. The maximum atomic E-state index is 11.4. The van der Waals surface area contributed by atoms with Crippen LogP contribution in [0.4, 0.5) is 0 Å². The Morgan fingerprint density at radius 2 is 2.05 bits per heavy atom. The van der Waals surface area contributed by atoms with Crippen LogP contribution in [0.2, 0.25) is 0 Å². The van der Waals surface area contributed by atoms with E-state index >= 15 is 0 Å². The standard InChI is InChI=1S/C16H24O3/c1-3-14(18)19-10(2)15-13-5-11-4-12(6-13)8-16(15,7-11)9-17/h3,10-13,15,17H,1,4-9H2,2H3. The van der Waals surface area contributed by atoms with Gasteiger partial charge in [0.15, 0.2) is 0 Å². The second-order valence-corrected chi connectivity index (χ2v) is 7.00. The number of hydrogen-bond acceptors (Lipinski definition) is 3. The van der Waals surface area contributed by atoms with Crippen molar-refractivity contribution in [2.45, 2.75) is 45.1 Å². The highest BCUT2D eigenvalue weighted by Gasteiger charge is 2.58. The third-order valence-corrected chi connectivity index (χ3v) is 5.83. The molecule has 4 bridgehead atoms. The van der Waals surface area contributed by atoms with Crippen LogP contribution in [0.1, 0.15) is 39.0 Å². The van der Waals surface area contributed by atoms with E-state index in [4.69, 9.17) is 4.74 Å². The van der Waals surface area contributed by atoms with E-state index < -0.39 is 0 Å². The molecule has 3 heteroatoms. The lowest BCUT2D eigenvalue weighted by Gasteiger charge is -2.61. The van der Waals surface area contributed by atoms with Gasteiger partial charge in [-0.25, -0.2) is 4.79 Å². The van der Waals surface area contributed by atoms with E-state index in [-0.39, 0.29) is 24.1 Å². The van der Waals surface area contributed by atoms with Crippen molar-refractivity contribution in [2.24, 2.45) is 29.1 Å². The fourth-order valence-corrected chi connectivity index (χ4v) is 5.67. The predicted molar refractivity (Wildman–Crippen MR) is 72.3 cm³/mol. The van der Waals surface area contributed by atoms with Crippen molar-refractivity contribution in [3.05, 3.63) is 12.7 Å². The number of aliphatic hydroxyl groups is 1. The molecule has 0 spiro atoms. The van der Waals surface area contributed by atoms with E-state index in [1.54, 1.807) is 0 Å². The summed E-state index contributed by atoms with van der Waals surface area (Å²) in [5.41, 5.74) is 0.00954. The number of hydrogen-bond donors (Lipinski definition) is 1. The lowest BCUT2D eigenvalue weighted by Crippen LogP contribution is -2.57. The first kappa shape index (κ1) is 13.2. The lowest BCUT2D eigenvalue weighted by molar-refractivity contribution is -0.182. The van der Waals surface area contributed by atoms with E-state index in [0.717, 1.165) is 24.7 Å². The molecule has 0 aromatic heterocycles. The van der Waals surface area contributed by atoms with Crippen LogP contribution in [0.15, 0.2) is 12.7 Å². The Morgan fingerprint density at radius 1 is 1.42 bits per heavy atom. The molecule has 0 aromatic rings. The average Bonchev–Trinajstić information content (AvgIpc) is 2.37. The molecule has 0 aliphatic heterocycles. The largest absolute Gasteiger partial charge is 0.459 e. The molecule has 3 nitrogen and oxygen atoms in total. The van der Waals surface area contributed by atoms with E-state index in [1.165, 1.54) is 25.3 Å². The molecular formula is C16H24O3. The molecule has 4 unspecified atom stereocenters. The summed E-state index contributed by atoms with van der Waals surface area (Å²) in [5, 5.41) is 9.98. The fraction of sp³-hybridized carbons (Fsp3) is 0.812. The number of ether oxygens (including phenoxy) is 1. The summed E-state index contributed by atoms with van der Waals surface area (Å²) in [5.74, 6) is 2.21. The van der Waals surface area contributed by atoms with Gasteiger partial charge in [0.2, 0.25) is 0 Å². The zero-order valence-corrected chi connectivity index (χ0v) is 11.7. The zero-order valence-electron chi connectivity index (χ0n) is 11.7. The van der Waals surface area contributed by atoms with Crippen LogP contribution in [0.25, 0.3) is 0 Å². The molecule has 106 valence electrons. The molecule has 1 N–H and O–H groups in total. The first-order chi connectivity index (χ1) is 9.08. The Morgan fingerprint density at radius 3 is 2.58 bits per heavy atom. The molecule has 4 rings (SSSR count). The summed E-state index contributed by atoms with van der Waals surface area (Å²) in [4.78, 5) is 11.4. The topological polar surface area (TPSA) is 46.5 Å². The van der Waals surface area contributed by atoms with E-state index in [2.05, 4.69) is 6.58 Å². The monoisotopic (exact) mass is 264 g/mol. The van der Waals surface area contributed by atoms with E-state index in [1.807, 2.05) is 6.92 Å². The van der Waals surface area contributed by atoms with Crippen LogP contribution in [-0.2, 0) is 9.53 Å². The molecule has 19 heavy (non-hydrogen) atoms. The Balaban J connectivity index is 1.83. The minimum Gasteiger partial charge on any atom is -0.459 e. The smallest absolute Gasteiger partial charge is 0.330 e. The number of rotatable bonds is 4. The predicted octanol–water partition coefficient (Wildman–Crippen LogP) is 2.54. The van der Waals surface area contributed by atoms with Crippen LogP contribution in [0.3, 0.4) is 0 Å². The van der Waals surface area contributed by atoms with Gasteiger partial charge in [-0.3, -0.25) is 0 Å². The van der Waals surface area contributed by atoms with Crippen molar-refractivity contribution in [3.63, 3.8) is 0 Å². The van der Waals surface area contributed by atoms with Gasteiger partial charge in [-0.1, -0.05) is 6.58 Å². The van der Waals surface area contributed by atoms with Gasteiger partial charge >= 0.3 is 5.97 Å². The fourth-order valence-electron chi connectivity index (χ4n) is 5.67.